The number of benzene rings is 2. The topological polar surface area (TPSA) is 68.4 Å². The van der Waals surface area contributed by atoms with Crippen molar-refractivity contribution in [1.29, 1.82) is 0 Å². The lowest BCUT2D eigenvalue weighted by molar-refractivity contribution is 0.304. The Morgan fingerprint density at radius 2 is 1.31 bits per heavy atom. The fraction of sp³-hybridized carbons (Fsp3) is 0.481. The molecule has 2 aromatic carbocycles. The van der Waals surface area contributed by atoms with Gasteiger partial charge in [0, 0.05) is 11.1 Å². The first kappa shape index (κ1) is 23.8. The van der Waals surface area contributed by atoms with Crippen LogP contribution in [0.15, 0.2) is 52.9 Å². The summed E-state index contributed by atoms with van der Waals surface area (Å²) in [4.78, 5) is 0. The van der Waals surface area contributed by atoms with E-state index in [0.717, 1.165) is 29.9 Å². The van der Waals surface area contributed by atoms with Crippen LogP contribution in [0.4, 0.5) is 0 Å². The molecule has 0 aliphatic heterocycles. The first-order valence-electron chi connectivity index (χ1n) is 12.1. The fourth-order valence-electron chi connectivity index (χ4n) is 3.74. The molecule has 0 aliphatic rings. The smallest absolute Gasteiger partial charge is 0.248 e. The summed E-state index contributed by atoms with van der Waals surface area (Å²) in [5.74, 6) is 1.90. The number of ether oxygens (including phenoxy) is 1. The van der Waals surface area contributed by atoms with Crippen molar-refractivity contribution in [3.05, 3.63) is 48.5 Å². The van der Waals surface area contributed by atoms with Crippen LogP contribution in [0.1, 0.15) is 77.6 Å². The minimum Gasteiger partial charge on any atom is -0.508 e. The van der Waals surface area contributed by atoms with E-state index in [0.29, 0.717) is 11.8 Å². The Labute approximate surface area is 191 Å². The quantitative estimate of drug-likeness (QED) is 0.246. The zero-order chi connectivity index (χ0) is 22.4. The van der Waals surface area contributed by atoms with Gasteiger partial charge < -0.3 is 14.3 Å². The summed E-state index contributed by atoms with van der Waals surface area (Å²) < 4.78 is 11.7. The number of unbranched alkanes of at least 4 members (excludes halogenated alkanes) is 10. The van der Waals surface area contributed by atoms with Crippen molar-refractivity contribution >= 4 is 0 Å². The molecule has 1 aromatic heterocycles. The largest absolute Gasteiger partial charge is 0.508 e. The summed E-state index contributed by atoms with van der Waals surface area (Å²) >= 11 is 0. The van der Waals surface area contributed by atoms with Crippen LogP contribution >= 0.6 is 0 Å². The monoisotopic (exact) mass is 436 g/mol. The highest BCUT2D eigenvalue weighted by Gasteiger charge is 2.11. The Morgan fingerprint density at radius 3 is 1.97 bits per heavy atom. The normalized spacial score (nSPS) is 11.0. The van der Waals surface area contributed by atoms with Gasteiger partial charge in [0.1, 0.15) is 11.5 Å². The second kappa shape index (κ2) is 13.6. The van der Waals surface area contributed by atoms with Crippen molar-refractivity contribution in [2.24, 2.45) is 0 Å². The molecule has 0 bridgehead atoms. The van der Waals surface area contributed by atoms with Gasteiger partial charge in [0.15, 0.2) is 0 Å². The lowest BCUT2D eigenvalue weighted by atomic mass is 10.1. The van der Waals surface area contributed by atoms with Crippen LogP contribution in [0.5, 0.6) is 11.5 Å². The van der Waals surface area contributed by atoms with Crippen molar-refractivity contribution in [3.8, 4) is 34.4 Å². The Balaban J connectivity index is 1.35. The van der Waals surface area contributed by atoms with Crippen molar-refractivity contribution in [2.45, 2.75) is 77.6 Å². The maximum atomic E-state index is 9.42. The highest BCUT2D eigenvalue weighted by Crippen LogP contribution is 2.27. The van der Waals surface area contributed by atoms with Gasteiger partial charge in [-0.05, 0) is 48.9 Å². The molecule has 0 amide bonds. The average Bonchev–Trinajstić information content (AvgIpc) is 3.31. The molecule has 32 heavy (non-hydrogen) atoms. The highest BCUT2D eigenvalue weighted by molar-refractivity contribution is 5.59. The molecule has 0 atom stereocenters. The SMILES string of the molecule is CCCCCCCCCCCCCOc1cccc(-c2nnc(-c3ccc(O)cc3)o2)c1. The number of phenols is 1. The molecule has 172 valence electrons. The minimum absolute atomic E-state index is 0.205. The molecule has 0 aliphatic carbocycles. The third kappa shape index (κ3) is 8.03. The van der Waals surface area contributed by atoms with Gasteiger partial charge in [-0.1, -0.05) is 77.2 Å². The molecule has 0 spiro atoms. The van der Waals surface area contributed by atoms with Crippen LogP contribution in [0, 0.1) is 0 Å². The van der Waals surface area contributed by atoms with Gasteiger partial charge in [0.05, 0.1) is 6.61 Å². The summed E-state index contributed by atoms with van der Waals surface area (Å²) in [5.41, 5.74) is 1.60. The molecule has 0 unspecified atom stereocenters. The Kier molecular flexibility index (Phi) is 10.1. The molecule has 0 fully saturated rings. The highest BCUT2D eigenvalue weighted by atomic mass is 16.5. The number of aromatic hydroxyl groups is 1. The maximum Gasteiger partial charge on any atom is 0.248 e. The van der Waals surface area contributed by atoms with Crippen molar-refractivity contribution in [1.82, 2.24) is 10.2 Å². The second-order valence-corrected chi connectivity index (χ2v) is 8.37. The van der Waals surface area contributed by atoms with Crippen LogP contribution in [0.3, 0.4) is 0 Å². The summed E-state index contributed by atoms with van der Waals surface area (Å²) in [5, 5.41) is 17.7. The summed E-state index contributed by atoms with van der Waals surface area (Å²) in [6.45, 7) is 2.99. The van der Waals surface area contributed by atoms with Crippen molar-refractivity contribution < 1.29 is 14.3 Å². The predicted octanol–water partition coefficient (Wildman–Crippen LogP) is 7.80. The molecule has 5 nitrogen and oxygen atoms in total. The molecular weight excluding hydrogens is 400 g/mol. The van der Waals surface area contributed by atoms with Crippen LogP contribution in [0.25, 0.3) is 22.9 Å². The zero-order valence-corrected chi connectivity index (χ0v) is 19.3. The van der Waals surface area contributed by atoms with E-state index in [1.807, 2.05) is 24.3 Å². The molecular formula is C27H36N2O3. The molecule has 1 N–H and O–H groups in total. The van der Waals surface area contributed by atoms with Crippen LogP contribution < -0.4 is 4.74 Å². The van der Waals surface area contributed by atoms with E-state index in [1.165, 1.54) is 64.2 Å². The van der Waals surface area contributed by atoms with Gasteiger partial charge in [-0.25, -0.2) is 0 Å². The van der Waals surface area contributed by atoms with Crippen LogP contribution in [-0.4, -0.2) is 21.9 Å². The Bertz CT molecular complexity index is 905. The number of phenolic OH excluding ortho intramolecular Hbond substituents is 1. The molecule has 0 radical (unpaired) electrons. The van der Waals surface area contributed by atoms with E-state index in [2.05, 4.69) is 17.1 Å². The van der Waals surface area contributed by atoms with E-state index in [-0.39, 0.29) is 5.75 Å². The van der Waals surface area contributed by atoms with Crippen LogP contribution in [-0.2, 0) is 0 Å². The van der Waals surface area contributed by atoms with E-state index in [9.17, 15) is 5.11 Å². The number of hydrogen-bond acceptors (Lipinski definition) is 5. The number of aromatic nitrogens is 2. The summed E-state index contributed by atoms with van der Waals surface area (Å²) in [6, 6.07) is 14.5. The van der Waals surface area contributed by atoms with E-state index < -0.39 is 0 Å². The van der Waals surface area contributed by atoms with Crippen molar-refractivity contribution in [2.75, 3.05) is 6.61 Å². The standard InChI is InChI=1S/C27H36N2O3/c1-2-3-4-5-6-7-8-9-10-11-12-20-31-25-15-13-14-23(21-25)27-29-28-26(32-27)22-16-18-24(30)19-17-22/h13-19,21,30H,2-12,20H2,1H3. The van der Waals surface area contributed by atoms with E-state index >= 15 is 0 Å². The lowest BCUT2D eigenvalue weighted by Gasteiger charge is -2.07. The van der Waals surface area contributed by atoms with Crippen molar-refractivity contribution in [3.63, 3.8) is 0 Å². The second-order valence-electron chi connectivity index (χ2n) is 8.37. The van der Waals surface area contributed by atoms with Gasteiger partial charge in [0.2, 0.25) is 11.8 Å². The molecule has 3 rings (SSSR count). The molecule has 0 saturated carbocycles. The Morgan fingerprint density at radius 1 is 0.719 bits per heavy atom. The van der Waals surface area contributed by atoms with Gasteiger partial charge in [-0.3, -0.25) is 0 Å². The van der Waals surface area contributed by atoms with Crippen LogP contribution in [0.2, 0.25) is 0 Å². The first-order valence-corrected chi connectivity index (χ1v) is 12.1. The zero-order valence-electron chi connectivity index (χ0n) is 19.3. The number of rotatable bonds is 15. The first-order chi connectivity index (χ1) is 15.8. The Hall–Kier alpha value is -2.82. The molecule has 1 heterocycles. The average molecular weight is 437 g/mol. The number of nitrogens with zero attached hydrogens (tertiary/aromatic N) is 2. The van der Waals surface area contributed by atoms with Gasteiger partial charge >= 0.3 is 0 Å². The molecule has 3 aromatic rings. The number of hydrogen-bond donors (Lipinski definition) is 1. The maximum absolute atomic E-state index is 9.42. The summed E-state index contributed by atoms with van der Waals surface area (Å²) in [7, 11) is 0. The van der Waals surface area contributed by atoms with E-state index in [4.69, 9.17) is 9.15 Å². The molecule has 5 heteroatoms. The van der Waals surface area contributed by atoms with Gasteiger partial charge in [-0.2, -0.15) is 0 Å². The third-order valence-corrected chi connectivity index (χ3v) is 5.64. The van der Waals surface area contributed by atoms with Gasteiger partial charge in [-0.15, -0.1) is 10.2 Å². The van der Waals surface area contributed by atoms with E-state index in [1.54, 1.807) is 24.3 Å². The predicted molar refractivity (Wildman–Crippen MR) is 129 cm³/mol. The fourth-order valence-corrected chi connectivity index (χ4v) is 3.74. The van der Waals surface area contributed by atoms with Gasteiger partial charge in [0.25, 0.3) is 0 Å². The third-order valence-electron chi connectivity index (χ3n) is 5.64. The summed E-state index contributed by atoms with van der Waals surface area (Å²) in [6.07, 6.45) is 14.6. The molecule has 0 saturated heterocycles. The lowest BCUT2D eigenvalue weighted by Crippen LogP contribution is -1.97. The minimum atomic E-state index is 0.205.